The minimum atomic E-state index is 0.133. The zero-order valence-corrected chi connectivity index (χ0v) is 10.6. The molecule has 0 spiro atoms. The Bertz CT molecular complexity index is 413. The van der Waals surface area contributed by atoms with Crippen molar-refractivity contribution < 1.29 is 14.6 Å². The van der Waals surface area contributed by atoms with Crippen molar-refractivity contribution in [2.75, 3.05) is 20.3 Å². The smallest absolute Gasteiger partial charge is 0.222 e. The number of amides is 1. The summed E-state index contributed by atoms with van der Waals surface area (Å²) in [7, 11) is 1.79. The van der Waals surface area contributed by atoms with E-state index in [9.17, 15) is 9.90 Å². The maximum absolute atomic E-state index is 12.0. The van der Waals surface area contributed by atoms with Gasteiger partial charge in [-0.05, 0) is 30.0 Å². The number of benzene rings is 1. The van der Waals surface area contributed by atoms with E-state index in [0.717, 1.165) is 18.6 Å². The van der Waals surface area contributed by atoms with Gasteiger partial charge in [0.15, 0.2) is 0 Å². The van der Waals surface area contributed by atoms with Crippen LogP contribution in [-0.2, 0) is 16.1 Å². The van der Waals surface area contributed by atoms with Gasteiger partial charge in [0.1, 0.15) is 5.75 Å². The lowest BCUT2D eigenvalue weighted by molar-refractivity contribution is -0.131. The Morgan fingerprint density at radius 1 is 1.56 bits per heavy atom. The number of hydrogen-bond donors (Lipinski definition) is 1. The first-order valence-corrected chi connectivity index (χ1v) is 6.25. The van der Waals surface area contributed by atoms with E-state index in [1.807, 2.05) is 6.07 Å². The molecule has 2 rings (SSSR count). The van der Waals surface area contributed by atoms with E-state index < -0.39 is 0 Å². The topological polar surface area (TPSA) is 49.8 Å². The third kappa shape index (κ3) is 3.47. The molecule has 4 heteroatoms. The molecule has 98 valence electrons. The standard InChI is InChI=1S/C14H19NO3/c1-15(9-11-3-2-4-13(16)7-11)14(17)8-12-5-6-18-10-12/h2-4,7,12,16H,5-6,8-10H2,1H3/t12-/m1/s1. The fourth-order valence-corrected chi connectivity index (χ4v) is 2.16. The Balaban J connectivity index is 1.86. The Morgan fingerprint density at radius 2 is 2.39 bits per heavy atom. The molecule has 1 aromatic rings. The Labute approximate surface area is 107 Å². The van der Waals surface area contributed by atoms with E-state index in [4.69, 9.17) is 4.74 Å². The molecule has 1 aromatic carbocycles. The number of nitrogens with zero attached hydrogens (tertiary/aromatic N) is 1. The van der Waals surface area contributed by atoms with Gasteiger partial charge >= 0.3 is 0 Å². The second-order valence-corrected chi connectivity index (χ2v) is 4.85. The highest BCUT2D eigenvalue weighted by Gasteiger charge is 2.21. The molecule has 4 nitrogen and oxygen atoms in total. The van der Waals surface area contributed by atoms with Crippen molar-refractivity contribution >= 4 is 5.91 Å². The molecule has 0 bridgehead atoms. The number of phenolic OH excluding ortho intramolecular Hbond substituents is 1. The first-order chi connectivity index (χ1) is 8.65. The highest BCUT2D eigenvalue weighted by Crippen LogP contribution is 2.18. The molecule has 0 aromatic heterocycles. The lowest BCUT2D eigenvalue weighted by Gasteiger charge is -2.19. The van der Waals surface area contributed by atoms with Gasteiger partial charge in [-0.15, -0.1) is 0 Å². The van der Waals surface area contributed by atoms with Gasteiger partial charge in [0.05, 0.1) is 0 Å². The van der Waals surface area contributed by atoms with E-state index in [2.05, 4.69) is 0 Å². The second-order valence-electron chi connectivity index (χ2n) is 4.85. The number of aromatic hydroxyl groups is 1. The molecule has 1 aliphatic heterocycles. The Hall–Kier alpha value is -1.55. The number of carbonyl (C=O) groups excluding carboxylic acids is 1. The fraction of sp³-hybridized carbons (Fsp3) is 0.500. The number of ether oxygens (including phenoxy) is 1. The van der Waals surface area contributed by atoms with Crippen LogP contribution in [0.3, 0.4) is 0 Å². The van der Waals surface area contributed by atoms with Crippen molar-refractivity contribution in [3.63, 3.8) is 0 Å². The van der Waals surface area contributed by atoms with Crippen LogP contribution in [0, 0.1) is 5.92 Å². The van der Waals surface area contributed by atoms with Crippen LogP contribution in [0.2, 0.25) is 0 Å². The zero-order chi connectivity index (χ0) is 13.0. The summed E-state index contributed by atoms with van der Waals surface area (Å²) < 4.78 is 5.27. The lowest BCUT2D eigenvalue weighted by atomic mass is 10.0. The molecule has 1 amide bonds. The Kier molecular flexibility index (Phi) is 4.20. The molecule has 0 aliphatic carbocycles. The lowest BCUT2D eigenvalue weighted by Crippen LogP contribution is -2.28. The van der Waals surface area contributed by atoms with Crippen molar-refractivity contribution in [1.82, 2.24) is 4.90 Å². The van der Waals surface area contributed by atoms with Gasteiger partial charge in [0, 0.05) is 33.2 Å². The number of phenols is 1. The van der Waals surface area contributed by atoms with Gasteiger partial charge in [0.2, 0.25) is 5.91 Å². The number of rotatable bonds is 4. The molecule has 1 fully saturated rings. The maximum atomic E-state index is 12.0. The Morgan fingerprint density at radius 3 is 3.06 bits per heavy atom. The zero-order valence-electron chi connectivity index (χ0n) is 10.6. The van der Waals surface area contributed by atoms with Crippen LogP contribution in [0.15, 0.2) is 24.3 Å². The van der Waals surface area contributed by atoms with E-state index in [0.29, 0.717) is 25.5 Å². The van der Waals surface area contributed by atoms with Crippen LogP contribution in [0.25, 0.3) is 0 Å². The molecule has 18 heavy (non-hydrogen) atoms. The summed E-state index contributed by atoms with van der Waals surface area (Å²) in [5.41, 5.74) is 0.938. The third-order valence-electron chi connectivity index (χ3n) is 3.24. The van der Waals surface area contributed by atoms with Gasteiger partial charge in [-0.2, -0.15) is 0 Å². The van der Waals surface area contributed by atoms with E-state index in [1.54, 1.807) is 30.1 Å². The SMILES string of the molecule is CN(Cc1cccc(O)c1)C(=O)C[C@H]1CCOC1. The molecule has 1 aliphatic rings. The van der Waals surface area contributed by atoms with Crippen molar-refractivity contribution in [2.24, 2.45) is 5.92 Å². The van der Waals surface area contributed by atoms with Crippen LogP contribution >= 0.6 is 0 Å². The predicted molar refractivity (Wildman–Crippen MR) is 68.1 cm³/mol. The van der Waals surface area contributed by atoms with Crippen LogP contribution in [0.5, 0.6) is 5.75 Å². The predicted octanol–water partition coefficient (Wildman–Crippen LogP) is 1.78. The minimum absolute atomic E-state index is 0.133. The summed E-state index contributed by atoms with van der Waals surface area (Å²) in [6.07, 6.45) is 1.53. The first kappa shape index (κ1) is 12.9. The quantitative estimate of drug-likeness (QED) is 0.885. The summed E-state index contributed by atoms with van der Waals surface area (Å²) in [4.78, 5) is 13.7. The summed E-state index contributed by atoms with van der Waals surface area (Å²) in [5, 5.41) is 9.37. The van der Waals surface area contributed by atoms with Crippen molar-refractivity contribution in [3.8, 4) is 5.75 Å². The average Bonchev–Trinajstić information content (AvgIpc) is 2.81. The highest BCUT2D eigenvalue weighted by atomic mass is 16.5. The molecule has 0 saturated carbocycles. The minimum Gasteiger partial charge on any atom is -0.508 e. The summed E-state index contributed by atoms with van der Waals surface area (Å²) in [6, 6.07) is 7.00. The second kappa shape index (κ2) is 5.87. The molecule has 1 atom stereocenters. The van der Waals surface area contributed by atoms with Crippen LogP contribution in [-0.4, -0.2) is 36.2 Å². The average molecular weight is 249 g/mol. The molecular weight excluding hydrogens is 230 g/mol. The van der Waals surface area contributed by atoms with Crippen LogP contribution < -0.4 is 0 Å². The summed E-state index contributed by atoms with van der Waals surface area (Å²) in [5.74, 6) is 0.732. The van der Waals surface area contributed by atoms with Crippen molar-refractivity contribution in [1.29, 1.82) is 0 Å². The normalized spacial score (nSPS) is 18.8. The van der Waals surface area contributed by atoms with E-state index >= 15 is 0 Å². The number of hydrogen-bond acceptors (Lipinski definition) is 3. The van der Waals surface area contributed by atoms with Crippen LogP contribution in [0.4, 0.5) is 0 Å². The number of carbonyl (C=O) groups is 1. The largest absolute Gasteiger partial charge is 0.508 e. The molecule has 0 radical (unpaired) electrons. The van der Waals surface area contributed by atoms with E-state index in [1.165, 1.54) is 0 Å². The van der Waals surface area contributed by atoms with Gasteiger partial charge in [-0.25, -0.2) is 0 Å². The molecular formula is C14H19NO3. The highest BCUT2D eigenvalue weighted by molar-refractivity contribution is 5.76. The summed E-state index contributed by atoms with van der Waals surface area (Å²) >= 11 is 0. The van der Waals surface area contributed by atoms with Gasteiger partial charge < -0.3 is 14.7 Å². The van der Waals surface area contributed by atoms with Gasteiger partial charge in [0.25, 0.3) is 0 Å². The molecule has 1 heterocycles. The fourth-order valence-electron chi connectivity index (χ4n) is 2.16. The first-order valence-electron chi connectivity index (χ1n) is 6.25. The summed E-state index contributed by atoms with van der Waals surface area (Å²) in [6.45, 7) is 2.00. The van der Waals surface area contributed by atoms with Crippen LogP contribution in [0.1, 0.15) is 18.4 Å². The van der Waals surface area contributed by atoms with E-state index in [-0.39, 0.29) is 11.7 Å². The van der Waals surface area contributed by atoms with Crippen molar-refractivity contribution in [2.45, 2.75) is 19.4 Å². The van der Waals surface area contributed by atoms with Gasteiger partial charge in [-0.3, -0.25) is 4.79 Å². The molecule has 0 unspecified atom stereocenters. The third-order valence-corrected chi connectivity index (χ3v) is 3.24. The van der Waals surface area contributed by atoms with Gasteiger partial charge in [-0.1, -0.05) is 12.1 Å². The monoisotopic (exact) mass is 249 g/mol. The molecule has 1 N–H and O–H groups in total. The maximum Gasteiger partial charge on any atom is 0.222 e. The van der Waals surface area contributed by atoms with Crippen molar-refractivity contribution in [3.05, 3.63) is 29.8 Å². The molecule has 1 saturated heterocycles.